The summed E-state index contributed by atoms with van der Waals surface area (Å²) >= 11 is 0. The van der Waals surface area contributed by atoms with Crippen LogP contribution in [0.1, 0.15) is 10.5 Å². The Kier molecular flexibility index (Phi) is 3.80. The van der Waals surface area contributed by atoms with Crippen LogP contribution in [-0.4, -0.2) is 22.8 Å². The molecule has 0 aliphatic heterocycles. The summed E-state index contributed by atoms with van der Waals surface area (Å²) in [5.41, 5.74) is 0.720. The monoisotopic (exact) mass is 309 g/mol. The number of aromatic nitrogens is 2. The number of carbonyl (C=O) groups excluding carboxylic acids is 1. The van der Waals surface area contributed by atoms with E-state index in [1.165, 1.54) is 4.68 Å². The fourth-order valence-corrected chi connectivity index (χ4v) is 2.34. The zero-order chi connectivity index (χ0) is 16.4. The summed E-state index contributed by atoms with van der Waals surface area (Å²) in [7, 11) is 3.27. The van der Waals surface area contributed by atoms with E-state index in [0.717, 1.165) is 0 Å². The Morgan fingerprint density at radius 2 is 1.83 bits per heavy atom. The summed E-state index contributed by atoms with van der Waals surface area (Å²) in [5, 5.41) is 7.23. The van der Waals surface area contributed by atoms with E-state index in [9.17, 15) is 9.59 Å². The lowest BCUT2D eigenvalue weighted by atomic mass is 10.2. The van der Waals surface area contributed by atoms with Crippen molar-refractivity contribution in [3.63, 3.8) is 0 Å². The molecule has 6 heteroatoms. The molecule has 23 heavy (non-hydrogen) atoms. The Morgan fingerprint density at radius 3 is 2.52 bits per heavy atom. The normalized spacial score (nSPS) is 10.5. The topological polar surface area (TPSA) is 73.2 Å². The first kappa shape index (κ1) is 14.8. The van der Waals surface area contributed by atoms with Crippen LogP contribution in [0.5, 0.6) is 5.75 Å². The lowest BCUT2D eigenvalue weighted by Crippen LogP contribution is -2.26. The van der Waals surface area contributed by atoms with Gasteiger partial charge in [-0.15, -0.1) is 0 Å². The van der Waals surface area contributed by atoms with Crippen molar-refractivity contribution in [2.45, 2.75) is 0 Å². The molecule has 1 N–H and O–H groups in total. The van der Waals surface area contributed by atoms with Crippen LogP contribution in [0.2, 0.25) is 0 Å². The lowest BCUT2D eigenvalue weighted by Gasteiger charge is -2.08. The number of aryl methyl sites for hydroxylation is 1. The van der Waals surface area contributed by atoms with Crippen LogP contribution in [0.3, 0.4) is 0 Å². The number of benzene rings is 2. The minimum atomic E-state index is -0.540. The minimum absolute atomic E-state index is 0.137. The average Bonchev–Trinajstić information content (AvgIpc) is 2.58. The maximum atomic E-state index is 12.5. The van der Waals surface area contributed by atoms with E-state index in [1.54, 1.807) is 56.6 Å². The third-order valence-corrected chi connectivity index (χ3v) is 3.53. The molecule has 1 aromatic heterocycles. The number of ether oxygens (including phenoxy) is 1. The van der Waals surface area contributed by atoms with Gasteiger partial charge in [-0.3, -0.25) is 14.3 Å². The molecule has 2 aromatic carbocycles. The Morgan fingerprint density at radius 1 is 1.13 bits per heavy atom. The number of hydrogen-bond donors (Lipinski definition) is 1. The number of carbonyl (C=O) groups is 1. The second-order valence-electron chi connectivity index (χ2n) is 5.00. The fourth-order valence-electron chi connectivity index (χ4n) is 2.34. The Hall–Kier alpha value is -3.15. The molecule has 0 saturated carbocycles. The van der Waals surface area contributed by atoms with E-state index in [1.807, 2.05) is 6.07 Å². The van der Waals surface area contributed by atoms with Gasteiger partial charge in [0.05, 0.1) is 12.6 Å². The van der Waals surface area contributed by atoms with E-state index >= 15 is 0 Å². The summed E-state index contributed by atoms with van der Waals surface area (Å²) in [6.45, 7) is 0. The summed E-state index contributed by atoms with van der Waals surface area (Å²) in [6, 6.07) is 13.9. The van der Waals surface area contributed by atoms with Crippen molar-refractivity contribution in [2.24, 2.45) is 7.05 Å². The number of anilines is 1. The molecule has 0 aliphatic rings. The lowest BCUT2D eigenvalue weighted by molar-refractivity contribution is 0.101. The molecule has 0 spiro atoms. The average molecular weight is 309 g/mol. The van der Waals surface area contributed by atoms with Gasteiger partial charge in [0.2, 0.25) is 5.43 Å². The van der Waals surface area contributed by atoms with Crippen molar-refractivity contribution in [1.82, 2.24) is 9.78 Å². The largest absolute Gasteiger partial charge is 0.497 e. The van der Waals surface area contributed by atoms with Gasteiger partial charge >= 0.3 is 0 Å². The predicted molar refractivity (Wildman–Crippen MR) is 87.9 cm³/mol. The highest BCUT2D eigenvalue weighted by Crippen LogP contribution is 2.15. The molecule has 0 fully saturated rings. The van der Waals surface area contributed by atoms with Gasteiger partial charge in [0, 0.05) is 18.1 Å². The predicted octanol–water partition coefficient (Wildman–Crippen LogP) is 2.19. The molecule has 1 heterocycles. The molecule has 3 aromatic rings. The molecular weight excluding hydrogens is 294 g/mol. The maximum Gasteiger partial charge on any atom is 0.280 e. The number of fused-ring (bicyclic) bond motifs is 1. The van der Waals surface area contributed by atoms with Gasteiger partial charge in [-0.2, -0.15) is 5.10 Å². The van der Waals surface area contributed by atoms with Crippen LogP contribution in [0.4, 0.5) is 5.69 Å². The Balaban J connectivity index is 1.97. The van der Waals surface area contributed by atoms with Crippen molar-refractivity contribution < 1.29 is 9.53 Å². The second-order valence-corrected chi connectivity index (χ2v) is 5.00. The van der Waals surface area contributed by atoms with Crippen molar-refractivity contribution in [3.8, 4) is 5.75 Å². The number of methoxy groups -OCH3 is 1. The third-order valence-electron chi connectivity index (χ3n) is 3.53. The number of nitrogens with one attached hydrogen (secondary N) is 1. The third kappa shape index (κ3) is 2.78. The number of nitrogens with zero attached hydrogens (tertiary/aromatic N) is 2. The van der Waals surface area contributed by atoms with Crippen LogP contribution < -0.4 is 15.5 Å². The first-order valence-electron chi connectivity index (χ1n) is 7.01. The quantitative estimate of drug-likeness (QED) is 0.805. The van der Waals surface area contributed by atoms with Gasteiger partial charge in [-0.1, -0.05) is 12.1 Å². The Labute approximate surface area is 132 Å². The molecule has 3 rings (SSSR count). The van der Waals surface area contributed by atoms with Crippen molar-refractivity contribution in [1.29, 1.82) is 0 Å². The fraction of sp³-hybridized carbons (Fsp3) is 0.118. The van der Waals surface area contributed by atoms with Gasteiger partial charge in [-0.05, 0) is 36.4 Å². The highest BCUT2D eigenvalue weighted by molar-refractivity contribution is 6.04. The molecule has 0 radical (unpaired) electrons. The van der Waals surface area contributed by atoms with E-state index < -0.39 is 5.91 Å². The molecule has 0 atom stereocenters. The molecule has 0 unspecified atom stereocenters. The highest BCUT2D eigenvalue weighted by atomic mass is 16.5. The van der Waals surface area contributed by atoms with Gasteiger partial charge in [-0.25, -0.2) is 0 Å². The molecule has 0 aliphatic carbocycles. The SMILES string of the molecule is COc1ccc(NC(=O)c2nn(C)c3ccccc3c2=O)cc1. The first-order valence-corrected chi connectivity index (χ1v) is 7.01. The van der Waals surface area contributed by atoms with E-state index in [-0.39, 0.29) is 11.1 Å². The maximum absolute atomic E-state index is 12.5. The van der Waals surface area contributed by atoms with E-state index in [4.69, 9.17) is 4.74 Å². The highest BCUT2D eigenvalue weighted by Gasteiger charge is 2.16. The van der Waals surface area contributed by atoms with Crippen LogP contribution >= 0.6 is 0 Å². The van der Waals surface area contributed by atoms with E-state index in [2.05, 4.69) is 10.4 Å². The summed E-state index contributed by atoms with van der Waals surface area (Å²) in [5.74, 6) is 0.143. The van der Waals surface area contributed by atoms with Gasteiger partial charge < -0.3 is 10.1 Å². The number of rotatable bonds is 3. The van der Waals surface area contributed by atoms with E-state index in [0.29, 0.717) is 22.3 Å². The zero-order valence-corrected chi connectivity index (χ0v) is 12.7. The molecule has 6 nitrogen and oxygen atoms in total. The van der Waals surface area contributed by atoms with Crippen molar-refractivity contribution in [2.75, 3.05) is 12.4 Å². The van der Waals surface area contributed by atoms with Crippen molar-refractivity contribution >= 4 is 22.5 Å². The van der Waals surface area contributed by atoms with Crippen LogP contribution in [0.25, 0.3) is 10.9 Å². The second kappa shape index (κ2) is 5.92. The number of amides is 1. The summed E-state index contributed by atoms with van der Waals surface area (Å²) in [6.07, 6.45) is 0. The molecule has 1 amide bonds. The minimum Gasteiger partial charge on any atom is -0.497 e. The summed E-state index contributed by atoms with van der Waals surface area (Å²) in [4.78, 5) is 24.8. The molecule has 116 valence electrons. The zero-order valence-electron chi connectivity index (χ0n) is 12.7. The smallest absolute Gasteiger partial charge is 0.280 e. The van der Waals surface area contributed by atoms with Crippen molar-refractivity contribution in [3.05, 3.63) is 64.4 Å². The van der Waals surface area contributed by atoms with Gasteiger partial charge in [0.15, 0.2) is 5.69 Å². The number of para-hydroxylation sites is 1. The molecule has 0 saturated heterocycles. The molecular formula is C17H15N3O3. The van der Waals surface area contributed by atoms with Gasteiger partial charge in [0.25, 0.3) is 5.91 Å². The Bertz CT molecular complexity index is 930. The van der Waals surface area contributed by atoms with Crippen LogP contribution in [0, 0.1) is 0 Å². The standard InChI is InChI=1S/C17H15N3O3/c1-20-14-6-4-3-5-13(14)16(21)15(19-20)17(22)18-11-7-9-12(23-2)10-8-11/h3-10H,1-2H3,(H,18,22). The number of hydrogen-bond acceptors (Lipinski definition) is 4. The summed E-state index contributed by atoms with van der Waals surface area (Å²) < 4.78 is 6.59. The van der Waals surface area contributed by atoms with Crippen LogP contribution in [-0.2, 0) is 7.05 Å². The molecule has 0 bridgehead atoms. The van der Waals surface area contributed by atoms with Gasteiger partial charge in [0.1, 0.15) is 5.75 Å². The van der Waals surface area contributed by atoms with Crippen LogP contribution in [0.15, 0.2) is 53.3 Å². The first-order chi connectivity index (χ1) is 11.1.